The standard InChI is InChI=1S/C26H34N6O5S/c1-18-16-31(17-19(2)32(18)26-27-13-6-14-28-26)21-11-9-20(10-12-21)25(35)29-23(15-24(33)34)30-38(36,37)22-7-4-3-5-8-22/h3-5,7-12,18-19,23,30H,6,13-17H2,1-2H3,(H,27,28)(H,29,35)(H,33,34). The van der Waals surface area contributed by atoms with Gasteiger partial charge in [-0.25, -0.2) is 8.42 Å². The van der Waals surface area contributed by atoms with Crippen LogP contribution in [0.5, 0.6) is 0 Å². The van der Waals surface area contributed by atoms with Gasteiger partial charge in [-0.15, -0.1) is 0 Å². The smallest absolute Gasteiger partial charge is 0.306 e. The van der Waals surface area contributed by atoms with Gasteiger partial charge in [0.25, 0.3) is 5.91 Å². The summed E-state index contributed by atoms with van der Waals surface area (Å²) >= 11 is 0. The van der Waals surface area contributed by atoms with Crippen molar-refractivity contribution < 1.29 is 23.1 Å². The van der Waals surface area contributed by atoms with Gasteiger partial charge in [-0.1, -0.05) is 18.2 Å². The number of amides is 1. The number of rotatable bonds is 8. The van der Waals surface area contributed by atoms with E-state index in [9.17, 15) is 23.1 Å². The normalized spacial score (nSPS) is 20.7. The molecule has 2 aromatic rings. The summed E-state index contributed by atoms with van der Waals surface area (Å²) in [4.78, 5) is 33.5. The number of carboxylic acids is 1. The molecule has 2 aliphatic heterocycles. The van der Waals surface area contributed by atoms with Crippen molar-refractivity contribution in [3.63, 3.8) is 0 Å². The molecule has 38 heavy (non-hydrogen) atoms. The number of aliphatic carboxylic acids is 1. The van der Waals surface area contributed by atoms with E-state index in [0.29, 0.717) is 5.56 Å². The van der Waals surface area contributed by atoms with Gasteiger partial charge in [0.15, 0.2) is 5.96 Å². The Morgan fingerprint density at radius 1 is 1.08 bits per heavy atom. The maximum absolute atomic E-state index is 12.9. The Morgan fingerprint density at radius 3 is 2.32 bits per heavy atom. The molecule has 4 N–H and O–H groups in total. The second-order valence-corrected chi connectivity index (χ2v) is 11.3. The third kappa shape index (κ3) is 6.62. The fraction of sp³-hybridized carbons (Fsp3) is 0.423. The first kappa shape index (κ1) is 27.4. The van der Waals surface area contributed by atoms with Crippen molar-refractivity contribution in [1.29, 1.82) is 0 Å². The van der Waals surface area contributed by atoms with E-state index in [2.05, 4.69) is 44.0 Å². The lowest BCUT2D eigenvalue weighted by Crippen LogP contribution is -2.62. The van der Waals surface area contributed by atoms with Gasteiger partial charge < -0.3 is 25.5 Å². The van der Waals surface area contributed by atoms with Crippen molar-refractivity contribution in [2.75, 3.05) is 31.1 Å². The van der Waals surface area contributed by atoms with Crippen molar-refractivity contribution in [3.8, 4) is 0 Å². The van der Waals surface area contributed by atoms with E-state index in [1.165, 1.54) is 12.1 Å². The number of benzene rings is 2. The highest BCUT2D eigenvalue weighted by atomic mass is 32.2. The van der Waals surface area contributed by atoms with Crippen molar-refractivity contribution in [2.45, 2.75) is 49.8 Å². The molecule has 4 rings (SSSR count). The Kier molecular flexibility index (Phi) is 8.52. The highest BCUT2D eigenvalue weighted by Crippen LogP contribution is 2.23. The van der Waals surface area contributed by atoms with Gasteiger partial charge in [0.2, 0.25) is 10.0 Å². The van der Waals surface area contributed by atoms with E-state index in [4.69, 9.17) is 0 Å². The minimum Gasteiger partial charge on any atom is -0.481 e. The Hall–Kier alpha value is -3.64. The second kappa shape index (κ2) is 11.8. The molecule has 204 valence electrons. The van der Waals surface area contributed by atoms with Gasteiger partial charge in [0, 0.05) is 49.5 Å². The van der Waals surface area contributed by atoms with Crippen LogP contribution in [0.25, 0.3) is 0 Å². The van der Waals surface area contributed by atoms with Crippen molar-refractivity contribution in [2.24, 2.45) is 4.99 Å². The average molecular weight is 543 g/mol. The summed E-state index contributed by atoms with van der Waals surface area (Å²) in [7, 11) is -4.03. The fourth-order valence-electron chi connectivity index (χ4n) is 4.86. The van der Waals surface area contributed by atoms with Crippen molar-refractivity contribution in [3.05, 3.63) is 60.2 Å². The molecule has 2 aliphatic rings. The van der Waals surface area contributed by atoms with Gasteiger partial charge in [-0.05, 0) is 56.7 Å². The molecule has 0 spiro atoms. The first-order chi connectivity index (χ1) is 18.1. The highest BCUT2D eigenvalue weighted by Gasteiger charge is 2.32. The predicted octanol–water partition coefficient (Wildman–Crippen LogP) is 1.44. The molecule has 2 aromatic carbocycles. The van der Waals surface area contributed by atoms with Gasteiger partial charge in [0.1, 0.15) is 6.17 Å². The lowest BCUT2D eigenvalue weighted by atomic mass is 10.1. The molecule has 3 atom stereocenters. The van der Waals surface area contributed by atoms with E-state index in [1.807, 2.05) is 12.1 Å². The number of aliphatic imine (C=N–C) groups is 1. The van der Waals surface area contributed by atoms with Crippen molar-refractivity contribution in [1.82, 2.24) is 20.3 Å². The third-order valence-corrected chi connectivity index (χ3v) is 8.06. The number of anilines is 1. The molecule has 0 saturated carbocycles. The molecule has 2 heterocycles. The number of carboxylic acid groups (broad SMARTS) is 1. The minimum absolute atomic E-state index is 0.0242. The molecular weight excluding hydrogens is 508 g/mol. The Bertz CT molecular complexity index is 1260. The first-order valence-electron chi connectivity index (χ1n) is 12.7. The monoisotopic (exact) mass is 542 g/mol. The van der Waals surface area contributed by atoms with Crippen LogP contribution in [0.1, 0.15) is 37.0 Å². The number of nitrogens with zero attached hydrogens (tertiary/aromatic N) is 3. The summed E-state index contributed by atoms with van der Waals surface area (Å²) in [6, 6.07) is 15.0. The molecule has 1 fully saturated rings. The van der Waals surface area contributed by atoms with Crippen LogP contribution in [-0.4, -0.2) is 80.7 Å². The van der Waals surface area contributed by atoms with Crippen molar-refractivity contribution >= 4 is 33.5 Å². The predicted molar refractivity (Wildman–Crippen MR) is 145 cm³/mol. The number of hydrogen-bond donors (Lipinski definition) is 4. The van der Waals surface area contributed by atoms with Gasteiger partial charge >= 0.3 is 5.97 Å². The minimum atomic E-state index is -4.03. The number of sulfonamides is 1. The zero-order valence-electron chi connectivity index (χ0n) is 21.5. The summed E-state index contributed by atoms with van der Waals surface area (Å²) in [5.74, 6) is -0.869. The largest absolute Gasteiger partial charge is 0.481 e. The lowest BCUT2D eigenvalue weighted by Gasteiger charge is -2.47. The molecule has 11 nitrogen and oxygen atoms in total. The molecule has 12 heteroatoms. The summed E-state index contributed by atoms with van der Waals surface area (Å²) in [5.41, 5.74) is 1.26. The Labute approximate surface area is 223 Å². The number of carbonyl (C=O) groups excluding carboxylic acids is 1. The highest BCUT2D eigenvalue weighted by molar-refractivity contribution is 7.89. The van der Waals surface area contributed by atoms with Crippen LogP contribution in [0.4, 0.5) is 5.69 Å². The molecule has 0 aliphatic carbocycles. The van der Waals surface area contributed by atoms with Gasteiger partial charge in [-0.2, -0.15) is 4.72 Å². The SMILES string of the molecule is CC1CN(c2ccc(C(=O)NC(CC(=O)O)NS(=O)(=O)c3ccccc3)cc2)CC(C)N1C1=NCCCN1. The van der Waals surface area contributed by atoms with Crippen LogP contribution in [-0.2, 0) is 14.8 Å². The van der Waals surface area contributed by atoms with Crippen LogP contribution in [0, 0.1) is 0 Å². The van der Waals surface area contributed by atoms with Crippen LogP contribution < -0.4 is 20.3 Å². The number of nitrogens with one attached hydrogen (secondary N) is 3. The summed E-state index contributed by atoms with van der Waals surface area (Å²) in [6.45, 7) is 7.69. The number of guanidine groups is 1. The second-order valence-electron chi connectivity index (χ2n) is 9.60. The average Bonchev–Trinajstić information content (AvgIpc) is 2.89. The zero-order valence-corrected chi connectivity index (χ0v) is 22.3. The number of piperazine rings is 1. The quantitative estimate of drug-likeness (QED) is 0.367. The fourth-order valence-corrected chi connectivity index (χ4v) is 6.03. The van der Waals surface area contributed by atoms with Crippen LogP contribution in [0.15, 0.2) is 64.5 Å². The summed E-state index contributed by atoms with van der Waals surface area (Å²) in [6.07, 6.45) is -0.894. The molecule has 1 saturated heterocycles. The molecular formula is C26H34N6O5S. The van der Waals surface area contributed by atoms with Crippen LogP contribution in [0.2, 0.25) is 0 Å². The summed E-state index contributed by atoms with van der Waals surface area (Å²) in [5, 5.41) is 15.2. The van der Waals surface area contributed by atoms with Gasteiger partial charge in [-0.3, -0.25) is 14.6 Å². The van der Waals surface area contributed by atoms with Gasteiger partial charge in [0.05, 0.1) is 11.3 Å². The third-order valence-electron chi connectivity index (χ3n) is 6.57. The maximum atomic E-state index is 12.9. The molecule has 1 amide bonds. The molecule has 3 unspecified atom stereocenters. The Morgan fingerprint density at radius 2 is 1.74 bits per heavy atom. The van der Waals surface area contributed by atoms with E-state index >= 15 is 0 Å². The molecule has 0 bridgehead atoms. The first-order valence-corrected chi connectivity index (χ1v) is 14.1. The maximum Gasteiger partial charge on any atom is 0.306 e. The zero-order chi connectivity index (χ0) is 27.3. The number of hydrogen-bond acceptors (Lipinski definition) is 8. The topological polar surface area (TPSA) is 143 Å². The van der Waals surface area contributed by atoms with E-state index in [1.54, 1.807) is 30.3 Å². The number of carbonyl (C=O) groups is 2. The Balaban J connectivity index is 1.41. The molecule has 0 aromatic heterocycles. The molecule has 0 radical (unpaired) electrons. The van der Waals surface area contributed by atoms with Crippen LogP contribution >= 0.6 is 0 Å². The van der Waals surface area contributed by atoms with E-state index < -0.39 is 34.5 Å². The van der Waals surface area contributed by atoms with Crippen LogP contribution in [0.3, 0.4) is 0 Å². The summed E-state index contributed by atoms with van der Waals surface area (Å²) < 4.78 is 27.6. The lowest BCUT2D eigenvalue weighted by molar-refractivity contribution is -0.137. The van der Waals surface area contributed by atoms with E-state index in [0.717, 1.165) is 44.2 Å². The van der Waals surface area contributed by atoms with E-state index in [-0.39, 0.29) is 17.0 Å².